The van der Waals surface area contributed by atoms with Crippen molar-refractivity contribution in [1.82, 2.24) is 0 Å². The Morgan fingerprint density at radius 2 is 1.69 bits per heavy atom. The highest BCUT2D eigenvalue weighted by Crippen LogP contribution is 2.25. The molecule has 0 amide bonds. The minimum absolute atomic E-state index is 0.00606. The van der Waals surface area contributed by atoms with Gasteiger partial charge in [0.15, 0.2) is 0 Å². The van der Waals surface area contributed by atoms with Gasteiger partial charge in [-0.2, -0.15) is 0 Å². The van der Waals surface area contributed by atoms with Crippen molar-refractivity contribution in [3.63, 3.8) is 0 Å². The zero-order chi connectivity index (χ0) is 20.9. The first kappa shape index (κ1) is 20.8. The lowest BCUT2D eigenvalue weighted by atomic mass is 10.2. The van der Waals surface area contributed by atoms with E-state index in [1.54, 1.807) is 54.6 Å². The van der Waals surface area contributed by atoms with Crippen molar-refractivity contribution >= 4 is 37.6 Å². The molecule has 5 nitrogen and oxygen atoms in total. The highest BCUT2D eigenvalue weighted by Gasteiger charge is 2.25. The molecule has 0 unspecified atom stereocenters. The number of anilines is 1. The lowest BCUT2D eigenvalue weighted by Crippen LogP contribution is -2.31. The largest absolute Gasteiger partial charge is 0.423 e. The van der Waals surface area contributed by atoms with Gasteiger partial charge in [0.1, 0.15) is 5.75 Å². The summed E-state index contributed by atoms with van der Waals surface area (Å²) in [6, 6.07) is 21.3. The highest BCUT2D eigenvalue weighted by atomic mass is 79.9. The first-order valence-corrected chi connectivity index (χ1v) is 10.9. The third-order valence-corrected chi connectivity index (χ3v) is 6.34. The first-order valence-electron chi connectivity index (χ1n) is 8.68. The molecule has 3 rings (SSSR count). The van der Waals surface area contributed by atoms with E-state index in [0.717, 1.165) is 4.47 Å². The second kappa shape index (κ2) is 9.07. The van der Waals surface area contributed by atoms with Gasteiger partial charge in [0, 0.05) is 4.47 Å². The zero-order valence-corrected chi connectivity index (χ0v) is 17.8. The average molecular weight is 472 g/mol. The molecule has 0 aliphatic heterocycles. The van der Waals surface area contributed by atoms with Gasteiger partial charge in [-0.05, 0) is 54.6 Å². The number of carbonyl (C=O) groups excluding carboxylic acids is 1. The molecule has 0 bridgehead atoms. The van der Waals surface area contributed by atoms with Gasteiger partial charge >= 0.3 is 5.97 Å². The van der Waals surface area contributed by atoms with E-state index in [1.165, 1.54) is 34.6 Å². The van der Waals surface area contributed by atoms with Crippen molar-refractivity contribution in [2.24, 2.45) is 0 Å². The summed E-state index contributed by atoms with van der Waals surface area (Å²) in [5.41, 5.74) is 0.649. The number of ether oxygens (including phenoxy) is 1. The number of hydrogen-bond donors (Lipinski definition) is 0. The van der Waals surface area contributed by atoms with Gasteiger partial charge in [0.25, 0.3) is 10.0 Å². The fourth-order valence-electron chi connectivity index (χ4n) is 2.63. The smallest absolute Gasteiger partial charge is 0.343 e. The third kappa shape index (κ3) is 4.93. The lowest BCUT2D eigenvalue weighted by Gasteiger charge is -2.23. The second-order valence-corrected chi connectivity index (χ2v) is 8.81. The summed E-state index contributed by atoms with van der Waals surface area (Å²) in [5, 5.41) is 0. The van der Waals surface area contributed by atoms with Crippen LogP contribution in [0, 0.1) is 0 Å². The molecular weight excluding hydrogens is 454 g/mol. The van der Waals surface area contributed by atoms with Gasteiger partial charge in [-0.1, -0.05) is 46.3 Å². The summed E-state index contributed by atoms with van der Waals surface area (Å²) in [7, 11) is -3.90. The maximum absolute atomic E-state index is 13.2. The summed E-state index contributed by atoms with van der Waals surface area (Å²) in [5.74, 6) is -0.275. The quantitative estimate of drug-likeness (QED) is 0.274. The molecule has 0 atom stereocenters. The Bertz CT molecular complexity index is 1110. The highest BCUT2D eigenvalue weighted by molar-refractivity contribution is 9.10. The van der Waals surface area contributed by atoms with Crippen LogP contribution in [0.5, 0.6) is 5.75 Å². The van der Waals surface area contributed by atoms with E-state index in [1.807, 2.05) is 0 Å². The van der Waals surface area contributed by atoms with E-state index in [9.17, 15) is 13.2 Å². The van der Waals surface area contributed by atoms with Crippen molar-refractivity contribution in [3.05, 3.63) is 102 Å². The fourth-order valence-corrected chi connectivity index (χ4v) is 4.38. The van der Waals surface area contributed by atoms with Crippen LogP contribution in [0.3, 0.4) is 0 Å². The zero-order valence-electron chi connectivity index (χ0n) is 15.4. The fraction of sp³-hybridized carbons (Fsp3) is 0.0455. The average Bonchev–Trinajstić information content (AvgIpc) is 2.74. The number of para-hydroxylation sites is 1. The number of esters is 1. The van der Waals surface area contributed by atoms with Crippen LogP contribution in [0.15, 0.2) is 101 Å². The van der Waals surface area contributed by atoms with E-state index in [-0.39, 0.29) is 17.0 Å². The van der Waals surface area contributed by atoms with Crippen LogP contribution in [0.1, 0.15) is 10.4 Å². The SMILES string of the molecule is C=CCN(c1ccccc1)S(=O)(=O)c1cccc(C(=O)Oc2ccc(Br)cc2)c1. The molecule has 0 aromatic heterocycles. The van der Waals surface area contributed by atoms with Gasteiger partial charge in [-0.15, -0.1) is 6.58 Å². The maximum atomic E-state index is 13.2. The van der Waals surface area contributed by atoms with Crippen LogP contribution >= 0.6 is 15.9 Å². The summed E-state index contributed by atoms with van der Waals surface area (Å²) in [4.78, 5) is 12.5. The molecule has 0 aliphatic rings. The molecule has 3 aromatic rings. The minimum atomic E-state index is -3.90. The molecule has 29 heavy (non-hydrogen) atoms. The monoisotopic (exact) mass is 471 g/mol. The van der Waals surface area contributed by atoms with Crippen LogP contribution in [0.4, 0.5) is 5.69 Å². The van der Waals surface area contributed by atoms with Crippen LogP contribution in [0.2, 0.25) is 0 Å². The molecule has 0 N–H and O–H groups in total. The van der Waals surface area contributed by atoms with Crippen molar-refractivity contribution in [1.29, 1.82) is 0 Å². The number of hydrogen-bond acceptors (Lipinski definition) is 4. The Balaban J connectivity index is 1.91. The topological polar surface area (TPSA) is 63.7 Å². The summed E-state index contributed by atoms with van der Waals surface area (Å²) in [6.07, 6.45) is 1.51. The van der Waals surface area contributed by atoms with Crippen molar-refractivity contribution in [2.75, 3.05) is 10.8 Å². The van der Waals surface area contributed by atoms with E-state index in [0.29, 0.717) is 11.4 Å². The molecule has 0 saturated heterocycles. The van der Waals surface area contributed by atoms with Crippen LogP contribution in [0.25, 0.3) is 0 Å². The molecular formula is C22H18BrNO4S. The second-order valence-electron chi connectivity index (χ2n) is 6.03. The number of rotatable bonds is 7. The summed E-state index contributed by atoms with van der Waals surface area (Å²) in [6.45, 7) is 3.75. The molecule has 148 valence electrons. The standard InChI is InChI=1S/C22H18BrNO4S/c1-2-15-24(19-8-4-3-5-9-19)29(26,27)21-10-6-7-17(16-21)22(25)28-20-13-11-18(23)12-14-20/h2-14,16H,1,15H2. The Kier molecular flexibility index (Phi) is 6.51. The number of sulfonamides is 1. The Labute approximate surface area is 178 Å². The molecule has 0 spiro atoms. The first-order chi connectivity index (χ1) is 13.9. The predicted molar refractivity (Wildman–Crippen MR) is 117 cm³/mol. The summed E-state index contributed by atoms with van der Waals surface area (Å²) >= 11 is 3.31. The van der Waals surface area contributed by atoms with Gasteiger partial charge < -0.3 is 4.74 Å². The number of halogens is 1. The Morgan fingerprint density at radius 1 is 1.00 bits per heavy atom. The number of carbonyl (C=O) groups is 1. The maximum Gasteiger partial charge on any atom is 0.343 e. The predicted octanol–water partition coefficient (Wildman–Crippen LogP) is 5.05. The molecule has 0 saturated carbocycles. The van der Waals surface area contributed by atoms with Crippen LogP contribution in [-0.4, -0.2) is 20.9 Å². The van der Waals surface area contributed by atoms with Crippen molar-refractivity contribution < 1.29 is 17.9 Å². The van der Waals surface area contributed by atoms with Gasteiger partial charge in [0.2, 0.25) is 0 Å². The van der Waals surface area contributed by atoms with E-state index in [4.69, 9.17) is 4.74 Å². The van der Waals surface area contributed by atoms with Crippen molar-refractivity contribution in [3.8, 4) is 5.75 Å². The number of benzene rings is 3. The Morgan fingerprint density at radius 3 is 2.34 bits per heavy atom. The third-order valence-electron chi connectivity index (χ3n) is 4.02. The van der Waals surface area contributed by atoms with E-state index >= 15 is 0 Å². The molecule has 0 heterocycles. The summed E-state index contributed by atoms with van der Waals surface area (Å²) < 4.78 is 33.9. The Hall–Kier alpha value is -2.90. The van der Waals surface area contributed by atoms with Crippen LogP contribution in [-0.2, 0) is 10.0 Å². The lowest BCUT2D eigenvalue weighted by molar-refractivity contribution is 0.0734. The molecule has 0 radical (unpaired) electrons. The number of nitrogens with zero attached hydrogens (tertiary/aromatic N) is 1. The molecule has 0 fully saturated rings. The molecule has 0 aliphatic carbocycles. The van der Waals surface area contributed by atoms with E-state index < -0.39 is 16.0 Å². The van der Waals surface area contributed by atoms with Crippen LogP contribution < -0.4 is 9.04 Å². The minimum Gasteiger partial charge on any atom is -0.423 e. The normalized spacial score (nSPS) is 10.9. The molecule has 3 aromatic carbocycles. The van der Waals surface area contributed by atoms with E-state index in [2.05, 4.69) is 22.5 Å². The van der Waals surface area contributed by atoms with Gasteiger partial charge in [-0.25, -0.2) is 13.2 Å². The molecule has 7 heteroatoms. The van der Waals surface area contributed by atoms with Gasteiger partial charge in [-0.3, -0.25) is 4.31 Å². The van der Waals surface area contributed by atoms with Gasteiger partial charge in [0.05, 0.1) is 22.7 Å². The van der Waals surface area contributed by atoms with Crippen molar-refractivity contribution in [2.45, 2.75) is 4.90 Å².